The summed E-state index contributed by atoms with van der Waals surface area (Å²) in [4.78, 5) is 0.123. The van der Waals surface area contributed by atoms with Gasteiger partial charge in [-0.2, -0.15) is 0 Å². The average molecular weight is 359 g/mol. The largest absolute Gasteiger partial charge is 0.360 e. The van der Waals surface area contributed by atoms with Gasteiger partial charge in [-0.3, -0.25) is 4.72 Å². The summed E-state index contributed by atoms with van der Waals surface area (Å²) >= 11 is 0. The molecule has 0 unspecified atom stereocenters. The van der Waals surface area contributed by atoms with Gasteiger partial charge < -0.3 is 4.52 Å². The molecule has 126 valence electrons. The first-order chi connectivity index (χ1) is 10.7. The van der Waals surface area contributed by atoms with Crippen LogP contribution in [0.25, 0.3) is 0 Å². The maximum atomic E-state index is 12.1. The number of anilines is 1. The summed E-state index contributed by atoms with van der Waals surface area (Å²) in [6.45, 7) is 3.03. The Morgan fingerprint density at radius 1 is 1.13 bits per heavy atom. The molecule has 2 N–H and O–H groups in total. The molecule has 0 aliphatic carbocycles. The van der Waals surface area contributed by atoms with E-state index in [9.17, 15) is 16.8 Å². The molecule has 0 atom stereocenters. The molecule has 2 aromatic rings. The summed E-state index contributed by atoms with van der Waals surface area (Å²) in [5.41, 5.74) is 0.582. The Morgan fingerprint density at radius 2 is 1.83 bits per heavy atom. The van der Waals surface area contributed by atoms with Crippen molar-refractivity contribution in [2.45, 2.75) is 18.7 Å². The van der Waals surface area contributed by atoms with Crippen molar-refractivity contribution in [3.05, 3.63) is 41.7 Å². The molecule has 0 aliphatic rings. The number of sulfonamides is 2. The van der Waals surface area contributed by atoms with Crippen molar-refractivity contribution < 1.29 is 21.4 Å². The molecule has 1 aromatic carbocycles. The third-order valence-electron chi connectivity index (χ3n) is 2.93. The minimum absolute atomic E-state index is 0.0595. The summed E-state index contributed by atoms with van der Waals surface area (Å²) < 4.78 is 57.3. The van der Waals surface area contributed by atoms with E-state index in [0.717, 1.165) is 0 Å². The van der Waals surface area contributed by atoms with Gasteiger partial charge in [-0.15, -0.1) is 0 Å². The maximum Gasteiger partial charge on any atom is 0.240 e. The Morgan fingerprint density at radius 3 is 2.43 bits per heavy atom. The van der Waals surface area contributed by atoms with Crippen molar-refractivity contribution in [2.75, 3.05) is 17.0 Å². The van der Waals surface area contributed by atoms with Gasteiger partial charge in [0.1, 0.15) is 5.76 Å². The SMILES string of the molecule is Cc1cc(NS(=O)(=O)CCNS(=O)(=O)c2ccccc2C)no1. The highest BCUT2D eigenvalue weighted by Crippen LogP contribution is 2.13. The number of hydrogen-bond acceptors (Lipinski definition) is 6. The molecule has 0 amide bonds. The first-order valence-electron chi connectivity index (χ1n) is 6.69. The van der Waals surface area contributed by atoms with Crippen LogP contribution < -0.4 is 9.44 Å². The number of benzene rings is 1. The van der Waals surface area contributed by atoms with Crippen molar-refractivity contribution >= 4 is 25.9 Å². The first kappa shape index (κ1) is 17.4. The Bertz CT molecular complexity index is 888. The topological polar surface area (TPSA) is 118 Å². The third-order valence-corrected chi connectivity index (χ3v) is 5.82. The number of nitrogens with zero attached hydrogens (tertiary/aromatic N) is 1. The minimum atomic E-state index is -3.76. The lowest BCUT2D eigenvalue weighted by atomic mass is 10.2. The van der Waals surface area contributed by atoms with Crippen LogP contribution in [0.15, 0.2) is 39.8 Å². The molecule has 8 nitrogen and oxygen atoms in total. The summed E-state index contributed by atoms with van der Waals surface area (Å²) in [6.07, 6.45) is 0. The maximum absolute atomic E-state index is 12.1. The number of aromatic nitrogens is 1. The Balaban J connectivity index is 1.97. The molecule has 1 aromatic heterocycles. The molecule has 1 heterocycles. The summed E-state index contributed by atoms with van der Waals surface area (Å²) in [5.74, 6) is 0.0940. The second-order valence-corrected chi connectivity index (χ2v) is 8.48. The van der Waals surface area contributed by atoms with Crippen LogP contribution in [0.5, 0.6) is 0 Å². The van der Waals surface area contributed by atoms with Crippen molar-refractivity contribution in [3.8, 4) is 0 Å². The quantitative estimate of drug-likeness (QED) is 0.762. The zero-order valence-electron chi connectivity index (χ0n) is 12.6. The molecule has 2 rings (SSSR count). The molecule has 23 heavy (non-hydrogen) atoms. The van der Waals surface area contributed by atoms with Crippen molar-refractivity contribution in [2.24, 2.45) is 0 Å². The molecule has 0 fully saturated rings. The normalized spacial score (nSPS) is 12.3. The third kappa shape index (κ3) is 4.78. The average Bonchev–Trinajstić information content (AvgIpc) is 2.83. The molecule has 10 heteroatoms. The Labute approximate surface area is 135 Å². The Kier molecular flexibility index (Phi) is 5.07. The van der Waals surface area contributed by atoms with E-state index < -0.39 is 25.8 Å². The molecular formula is C13H17N3O5S2. The van der Waals surface area contributed by atoms with Crippen LogP contribution in [0.1, 0.15) is 11.3 Å². The Hall–Kier alpha value is -1.91. The van der Waals surface area contributed by atoms with Gasteiger partial charge in [-0.05, 0) is 25.5 Å². The van der Waals surface area contributed by atoms with Crippen LogP contribution in [0.4, 0.5) is 5.82 Å². The van der Waals surface area contributed by atoms with Gasteiger partial charge in [0, 0.05) is 12.6 Å². The van der Waals surface area contributed by atoms with Gasteiger partial charge in [0.15, 0.2) is 5.82 Å². The molecule has 0 saturated heterocycles. The highest BCUT2D eigenvalue weighted by molar-refractivity contribution is 7.92. The standard InChI is InChI=1S/C13H17N3O5S2/c1-10-5-3-4-6-12(10)23(19,20)14-7-8-22(17,18)16-13-9-11(2)21-15-13/h3-6,9,14H,7-8H2,1-2H3,(H,15,16). The molecule has 0 aliphatic heterocycles. The fraction of sp³-hybridized carbons (Fsp3) is 0.308. The number of hydrogen-bond donors (Lipinski definition) is 2. The molecular weight excluding hydrogens is 342 g/mol. The van der Waals surface area contributed by atoms with Crippen LogP contribution in [0, 0.1) is 13.8 Å². The smallest absolute Gasteiger partial charge is 0.240 e. The van der Waals surface area contributed by atoms with E-state index in [0.29, 0.717) is 11.3 Å². The lowest BCUT2D eigenvalue weighted by molar-refractivity contribution is 0.400. The van der Waals surface area contributed by atoms with Crippen LogP contribution >= 0.6 is 0 Å². The summed E-state index contributed by atoms with van der Waals surface area (Å²) in [7, 11) is -7.49. The van der Waals surface area contributed by atoms with E-state index in [1.807, 2.05) is 0 Å². The second kappa shape index (κ2) is 6.69. The van der Waals surface area contributed by atoms with Crippen LogP contribution in [-0.2, 0) is 20.0 Å². The van der Waals surface area contributed by atoms with E-state index in [-0.39, 0.29) is 17.3 Å². The fourth-order valence-electron chi connectivity index (χ4n) is 1.87. The summed E-state index contributed by atoms with van der Waals surface area (Å²) in [5, 5.41) is 3.51. The van der Waals surface area contributed by atoms with Gasteiger partial charge in [0.05, 0.1) is 10.6 Å². The van der Waals surface area contributed by atoms with Crippen LogP contribution in [0.3, 0.4) is 0 Å². The number of rotatable bonds is 7. The van der Waals surface area contributed by atoms with E-state index in [1.54, 1.807) is 32.0 Å². The monoisotopic (exact) mass is 359 g/mol. The predicted octanol–water partition coefficient (Wildman–Crippen LogP) is 1.01. The lowest BCUT2D eigenvalue weighted by Gasteiger charge is -2.09. The van der Waals surface area contributed by atoms with Gasteiger partial charge >= 0.3 is 0 Å². The molecule has 0 saturated carbocycles. The fourth-order valence-corrected chi connectivity index (χ4v) is 4.16. The van der Waals surface area contributed by atoms with Gasteiger partial charge in [0.2, 0.25) is 20.0 Å². The highest BCUT2D eigenvalue weighted by atomic mass is 32.2. The van der Waals surface area contributed by atoms with E-state index in [1.165, 1.54) is 12.1 Å². The molecule has 0 bridgehead atoms. The van der Waals surface area contributed by atoms with Crippen molar-refractivity contribution in [3.63, 3.8) is 0 Å². The molecule has 0 spiro atoms. The summed E-state index contributed by atoms with van der Waals surface area (Å²) in [6, 6.07) is 7.88. The van der Waals surface area contributed by atoms with Crippen LogP contribution in [0.2, 0.25) is 0 Å². The van der Waals surface area contributed by atoms with Gasteiger partial charge in [-0.1, -0.05) is 23.4 Å². The van der Waals surface area contributed by atoms with Gasteiger partial charge in [0.25, 0.3) is 0 Å². The van der Waals surface area contributed by atoms with Crippen LogP contribution in [-0.4, -0.2) is 34.3 Å². The molecule has 0 radical (unpaired) electrons. The number of aryl methyl sites for hydroxylation is 2. The predicted molar refractivity (Wildman–Crippen MR) is 85.0 cm³/mol. The van der Waals surface area contributed by atoms with Gasteiger partial charge in [-0.25, -0.2) is 21.6 Å². The highest BCUT2D eigenvalue weighted by Gasteiger charge is 2.18. The zero-order chi connectivity index (χ0) is 17.1. The minimum Gasteiger partial charge on any atom is -0.360 e. The van der Waals surface area contributed by atoms with E-state index in [2.05, 4.69) is 14.6 Å². The zero-order valence-corrected chi connectivity index (χ0v) is 14.2. The van der Waals surface area contributed by atoms with Crippen molar-refractivity contribution in [1.29, 1.82) is 0 Å². The van der Waals surface area contributed by atoms with E-state index in [4.69, 9.17) is 4.52 Å². The van der Waals surface area contributed by atoms with Crippen molar-refractivity contribution in [1.82, 2.24) is 9.88 Å². The first-order valence-corrected chi connectivity index (χ1v) is 9.82. The second-order valence-electron chi connectivity index (χ2n) is 4.91. The van der Waals surface area contributed by atoms with E-state index >= 15 is 0 Å². The lowest BCUT2D eigenvalue weighted by Crippen LogP contribution is -2.31. The number of nitrogens with one attached hydrogen (secondary N) is 2.